The average molecular weight is 384 g/mol. The van der Waals surface area contributed by atoms with Crippen LogP contribution in [0.25, 0.3) is 0 Å². The van der Waals surface area contributed by atoms with E-state index in [1.54, 1.807) is 12.1 Å². The van der Waals surface area contributed by atoms with Gasteiger partial charge in [0.05, 0.1) is 16.1 Å². The smallest absolute Gasteiger partial charge is 0.175 e. The van der Waals surface area contributed by atoms with Gasteiger partial charge in [-0.2, -0.15) is 0 Å². The first-order chi connectivity index (χ1) is 11.7. The van der Waals surface area contributed by atoms with Crippen molar-refractivity contribution < 1.29 is 12.8 Å². The van der Waals surface area contributed by atoms with Gasteiger partial charge in [0.25, 0.3) is 0 Å². The van der Waals surface area contributed by atoms with Crippen molar-refractivity contribution in [3.8, 4) is 0 Å². The minimum atomic E-state index is -3.24. The fourth-order valence-electron chi connectivity index (χ4n) is 3.04. The van der Waals surface area contributed by atoms with Gasteiger partial charge in [0.1, 0.15) is 17.5 Å². The number of nitrogens with zero attached hydrogens (tertiary/aromatic N) is 3. The Bertz CT molecular complexity index is 897. The number of alkyl halides is 1. The Kier molecular flexibility index (Phi) is 4.49. The van der Waals surface area contributed by atoms with E-state index in [1.807, 2.05) is 24.1 Å². The van der Waals surface area contributed by atoms with Crippen molar-refractivity contribution in [3.63, 3.8) is 0 Å². The summed E-state index contributed by atoms with van der Waals surface area (Å²) in [6, 6.07) is 6.84. The van der Waals surface area contributed by atoms with Crippen LogP contribution < -0.4 is 4.90 Å². The van der Waals surface area contributed by atoms with Crippen molar-refractivity contribution in [3.05, 3.63) is 46.9 Å². The SMILES string of the molecule is CC(F)c1ncnc(N(C)C2(c3ccc(S(C)(=O)=O)cc3)CC2)c1Cl. The van der Waals surface area contributed by atoms with Gasteiger partial charge < -0.3 is 4.90 Å². The predicted octanol–water partition coefficient (Wildman–Crippen LogP) is 3.69. The molecule has 0 radical (unpaired) electrons. The van der Waals surface area contributed by atoms with E-state index in [2.05, 4.69) is 9.97 Å². The molecule has 1 aromatic heterocycles. The maximum absolute atomic E-state index is 13.7. The molecule has 0 aliphatic heterocycles. The number of aromatic nitrogens is 2. The van der Waals surface area contributed by atoms with Crippen molar-refractivity contribution >= 4 is 27.3 Å². The summed E-state index contributed by atoms with van der Waals surface area (Å²) in [5.74, 6) is 0.473. The minimum Gasteiger partial charge on any atom is -0.349 e. The number of hydrogen-bond acceptors (Lipinski definition) is 5. The summed E-state index contributed by atoms with van der Waals surface area (Å²) in [7, 11) is -1.38. The second kappa shape index (κ2) is 6.21. The molecule has 25 heavy (non-hydrogen) atoms. The highest BCUT2D eigenvalue weighted by Crippen LogP contribution is 2.52. The van der Waals surface area contributed by atoms with E-state index in [0.29, 0.717) is 5.82 Å². The molecular weight excluding hydrogens is 365 g/mol. The molecule has 1 saturated carbocycles. The van der Waals surface area contributed by atoms with Gasteiger partial charge in [0.15, 0.2) is 15.7 Å². The van der Waals surface area contributed by atoms with Crippen molar-refractivity contribution in [1.82, 2.24) is 9.97 Å². The van der Waals surface area contributed by atoms with E-state index in [-0.39, 0.29) is 21.2 Å². The number of anilines is 1. The summed E-state index contributed by atoms with van der Waals surface area (Å²) >= 11 is 6.32. The standard InChI is InChI=1S/C17H19ClFN3O2S/c1-11(19)15-14(18)16(21-10-20-15)22(2)17(8-9-17)12-4-6-13(7-5-12)25(3,23)24/h4-7,10-11H,8-9H2,1-3H3. The molecule has 1 atom stereocenters. The third kappa shape index (κ3) is 3.22. The molecular formula is C17H19ClFN3O2S. The molecule has 3 rings (SSSR count). The molecule has 1 aliphatic carbocycles. The maximum atomic E-state index is 13.7. The van der Waals surface area contributed by atoms with Crippen LogP contribution in [-0.4, -0.2) is 31.7 Å². The summed E-state index contributed by atoms with van der Waals surface area (Å²) in [5, 5.41) is 0.207. The van der Waals surface area contributed by atoms with Crippen LogP contribution in [0.1, 0.15) is 37.2 Å². The van der Waals surface area contributed by atoms with Crippen molar-refractivity contribution in [1.29, 1.82) is 0 Å². The van der Waals surface area contributed by atoms with Crippen LogP contribution in [0.15, 0.2) is 35.5 Å². The lowest BCUT2D eigenvalue weighted by molar-refractivity contribution is 0.365. The first kappa shape index (κ1) is 18.1. The normalized spacial score (nSPS) is 17.2. The number of halogens is 2. The molecule has 2 aromatic rings. The highest BCUT2D eigenvalue weighted by atomic mass is 35.5. The second-order valence-electron chi connectivity index (χ2n) is 6.40. The zero-order valence-corrected chi connectivity index (χ0v) is 15.8. The first-order valence-corrected chi connectivity index (χ1v) is 10.1. The zero-order chi connectivity index (χ0) is 18.4. The lowest BCUT2D eigenvalue weighted by atomic mass is 10.0. The summed E-state index contributed by atoms with van der Waals surface area (Å²) in [4.78, 5) is 10.4. The van der Waals surface area contributed by atoms with Crippen LogP contribution in [-0.2, 0) is 15.4 Å². The van der Waals surface area contributed by atoms with E-state index in [0.717, 1.165) is 18.4 Å². The molecule has 1 aliphatic rings. The van der Waals surface area contributed by atoms with E-state index >= 15 is 0 Å². The van der Waals surface area contributed by atoms with Gasteiger partial charge in [-0.25, -0.2) is 22.8 Å². The van der Waals surface area contributed by atoms with Crippen LogP contribution >= 0.6 is 11.6 Å². The number of rotatable bonds is 5. The topological polar surface area (TPSA) is 63.2 Å². The Morgan fingerprint density at radius 3 is 2.32 bits per heavy atom. The fraction of sp³-hybridized carbons (Fsp3) is 0.412. The van der Waals surface area contributed by atoms with Gasteiger partial charge in [-0.15, -0.1) is 0 Å². The monoisotopic (exact) mass is 383 g/mol. The Morgan fingerprint density at radius 2 is 1.84 bits per heavy atom. The molecule has 1 aromatic carbocycles. The van der Waals surface area contributed by atoms with Gasteiger partial charge in [0.2, 0.25) is 0 Å². The maximum Gasteiger partial charge on any atom is 0.175 e. The summed E-state index contributed by atoms with van der Waals surface area (Å²) in [6.45, 7) is 1.38. The van der Waals surface area contributed by atoms with Crippen molar-refractivity contribution in [2.45, 2.75) is 36.4 Å². The lowest BCUT2D eigenvalue weighted by Crippen LogP contribution is -2.32. The molecule has 1 fully saturated rings. The molecule has 0 amide bonds. The van der Waals surface area contributed by atoms with Gasteiger partial charge in [-0.05, 0) is 37.5 Å². The van der Waals surface area contributed by atoms with Crippen LogP contribution in [0.3, 0.4) is 0 Å². The quantitative estimate of drug-likeness (QED) is 0.787. The molecule has 8 heteroatoms. The van der Waals surface area contributed by atoms with Crippen molar-refractivity contribution in [2.75, 3.05) is 18.2 Å². The number of sulfone groups is 1. The highest BCUT2D eigenvalue weighted by molar-refractivity contribution is 7.90. The largest absolute Gasteiger partial charge is 0.349 e. The molecule has 134 valence electrons. The van der Waals surface area contributed by atoms with Gasteiger partial charge >= 0.3 is 0 Å². The molecule has 0 N–H and O–H groups in total. The Hall–Kier alpha value is -1.73. The second-order valence-corrected chi connectivity index (χ2v) is 8.79. The van der Waals surface area contributed by atoms with Crippen LogP contribution in [0.2, 0.25) is 5.02 Å². The Morgan fingerprint density at radius 1 is 1.24 bits per heavy atom. The summed E-state index contributed by atoms with van der Waals surface area (Å²) in [5.41, 5.74) is 0.832. The molecule has 1 unspecified atom stereocenters. The predicted molar refractivity (Wildman–Crippen MR) is 95.4 cm³/mol. The van der Waals surface area contributed by atoms with Gasteiger partial charge in [-0.3, -0.25) is 0 Å². The van der Waals surface area contributed by atoms with Crippen LogP contribution in [0.4, 0.5) is 10.2 Å². The number of benzene rings is 1. The Labute approximate surface area is 151 Å². The van der Waals surface area contributed by atoms with E-state index in [9.17, 15) is 12.8 Å². The zero-order valence-electron chi connectivity index (χ0n) is 14.2. The summed E-state index contributed by atoms with van der Waals surface area (Å²) < 4.78 is 36.9. The Balaban J connectivity index is 1.97. The van der Waals surface area contributed by atoms with Crippen LogP contribution in [0.5, 0.6) is 0 Å². The molecule has 0 spiro atoms. The molecule has 0 saturated heterocycles. The van der Waals surface area contributed by atoms with Crippen molar-refractivity contribution in [2.24, 2.45) is 0 Å². The van der Waals surface area contributed by atoms with E-state index in [1.165, 1.54) is 19.5 Å². The summed E-state index contributed by atoms with van der Waals surface area (Å²) in [6.07, 6.45) is 2.96. The average Bonchev–Trinajstić information content (AvgIpc) is 3.35. The molecule has 5 nitrogen and oxygen atoms in total. The highest BCUT2D eigenvalue weighted by Gasteiger charge is 2.49. The first-order valence-electron chi connectivity index (χ1n) is 7.86. The van der Waals surface area contributed by atoms with E-state index < -0.39 is 16.0 Å². The fourth-order valence-corrected chi connectivity index (χ4v) is 4.04. The third-order valence-electron chi connectivity index (χ3n) is 4.68. The molecule has 1 heterocycles. The van der Waals surface area contributed by atoms with E-state index in [4.69, 9.17) is 11.6 Å². The minimum absolute atomic E-state index is 0.168. The number of hydrogen-bond donors (Lipinski definition) is 0. The van der Waals surface area contributed by atoms with Crippen LogP contribution in [0, 0.1) is 0 Å². The van der Waals surface area contributed by atoms with Gasteiger partial charge in [-0.1, -0.05) is 23.7 Å². The third-order valence-corrected chi connectivity index (χ3v) is 6.17. The lowest BCUT2D eigenvalue weighted by Gasteiger charge is -2.30. The molecule has 0 bridgehead atoms. The van der Waals surface area contributed by atoms with Gasteiger partial charge in [0, 0.05) is 13.3 Å².